The van der Waals surface area contributed by atoms with Gasteiger partial charge in [0.1, 0.15) is 17.2 Å². The fourth-order valence-corrected chi connectivity index (χ4v) is 3.11. The molecule has 1 atom stereocenters. The van der Waals surface area contributed by atoms with Crippen LogP contribution in [0.1, 0.15) is 25.8 Å². The van der Waals surface area contributed by atoms with Crippen molar-refractivity contribution in [3.63, 3.8) is 0 Å². The first-order chi connectivity index (χ1) is 9.24. The minimum atomic E-state index is -0.883. The van der Waals surface area contributed by atoms with E-state index in [1.54, 1.807) is 0 Å². The van der Waals surface area contributed by atoms with Crippen LogP contribution in [0, 0.1) is 5.41 Å². The van der Waals surface area contributed by atoms with E-state index in [4.69, 9.17) is 16.2 Å². The van der Waals surface area contributed by atoms with Crippen LogP contribution in [-0.2, 0) is 10.3 Å². The summed E-state index contributed by atoms with van der Waals surface area (Å²) in [5, 5.41) is 0.743. The minimum absolute atomic E-state index is 0.00561. The summed E-state index contributed by atoms with van der Waals surface area (Å²) in [5.41, 5.74) is 11.3. The maximum absolute atomic E-state index is 10.9. The molecule has 1 aromatic carbocycles. The molecular weight excluding hydrogens is 274 g/mol. The number of nitrogens with two attached hydrogens (primary N) is 2. The average molecular weight is 293 g/mol. The molecule has 6 heteroatoms. The summed E-state index contributed by atoms with van der Waals surface area (Å²) in [7, 11) is 0. The zero-order chi connectivity index (χ0) is 15.0. The summed E-state index contributed by atoms with van der Waals surface area (Å²) < 4.78 is 6.02. The van der Waals surface area contributed by atoms with Crippen molar-refractivity contribution in [2.24, 2.45) is 16.9 Å². The fourth-order valence-electron chi connectivity index (χ4n) is 1.85. The van der Waals surface area contributed by atoms with Gasteiger partial charge in [-0.3, -0.25) is 0 Å². The number of thiazole rings is 1. The molecule has 1 heterocycles. The van der Waals surface area contributed by atoms with Crippen LogP contribution in [0.25, 0.3) is 10.2 Å². The summed E-state index contributed by atoms with van der Waals surface area (Å²) in [6.45, 7) is 5.97. The van der Waals surface area contributed by atoms with Gasteiger partial charge in [0.2, 0.25) is 0 Å². The number of benzene rings is 1. The van der Waals surface area contributed by atoms with Crippen LogP contribution in [0.3, 0.4) is 0 Å². The topological polar surface area (TPSA) is 91.2 Å². The third-order valence-electron chi connectivity index (χ3n) is 3.46. The van der Waals surface area contributed by atoms with Gasteiger partial charge >= 0.3 is 6.09 Å². The van der Waals surface area contributed by atoms with E-state index in [2.05, 4.69) is 4.98 Å². The molecule has 0 bridgehead atoms. The highest BCUT2D eigenvalue weighted by Gasteiger charge is 2.43. The lowest BCUT2D eigenvalue weighted by molar-refractivity contribution is 0.0704. The lowest BCUT2D eigenvalue weighted by Crippen LogP contribution is -2.52. The summed E-state index contributed by atoms with van der Waals surface area (Å²) in [5.74, 6) is 0. The highest BCUT2D eigenvalue weighted by atomic mass is 32.1. The highest BCUT2D eigenvalue weighted by molar-refractivity contribution is 7.18. The normalized spacial score (nSPS) is 15.0. The second-order valence-corrected chi connectivity index (χ2v) is 6.85. The van der Waals surface area contributed by atoms with Crippen molar-refractivity contribution in [2.75, 3.05) is 6.61 Å². The number of carbonyl (C=O) groups is 1. The molecule has 0 saturated heterocycles. The minimum Gasteiger partial charge on any atom is -0.447 e. The van der Waals surface area contributed by atoms with Gasteiger partial charge in [-0.15, -0.1) is 11.3 Å². The van der Waals surface area contributed by atoms with E-state index < -0.39 is 11.6 Å². The maximum atomic E-state index is 10.9. The number of amides is 1. The molecule has 20 heavy (non-hydrogen) atoms. The summed E-state index contributed by atoms with van der Waals surface area (Å²) in [6.07, 6.45) is -0.829. The van der Waals surface area contributed by atoms with E-state index in [1.807, 2.05) is 45.0 Å². The van der Waals surface area contributed by atoms with Crippen molar-refractivity contribution in [3.8, 4) is 0 Å². The first-order valence-corrected chi connectivity index (χ1v) is 7.13. The molecule has 1 aromatic heterocycles. The average Bonchev–Trinajstić information content (AvgIpc) is 2.78. The van der Waals surface area contributed by atoms with E-state index in [1.165, 1.54) is 11.3 Å². The molecule has 0 spiro atoms. The monoisotopic (exact) mass is 293 g/mol. The molecule has 5 nitrogen and oxygen atoms in total. The molecule has 1 amide bonds. The van der Waals surface area contributed by atoms with Gasteiger partial charge in [-0.05, 0) is 17.5 Å². The molecule has 0 saturated carbocycles. The quantitative estimate of drug-likeness (QED) is 0.910. The van der Waals surface area contributed by atoms with Crippen molar-refractivity contribution in [1.29, 1.82) is 0 Å². The number of hydrogen-bond donors (Lipinski definition) is 2. The largest absolute Gasteiger partial charge is 0.447 e. The Morgan fingerprint density at radius 1 is 1.35 bits per heavy atom. The molecule has 1 unspecified atom stereocenters. The zero-order valence-corrected chi connectivity index (χ0v) is 12.7. The Labute approximate surface area is 121 Å². The van der Waals surface area contributed by atoms with Crippen molar-refractivity contribution in [2.45, 2.75) is 26.3 Å². The van der Waals surface area contributed by atoms with Crippen molar-refractivity contribution in [1.82, 2.24) is 4.98 Å². The number of fused-ring (bicyclic) bond motifs is 1. The SMILES string of the molecule is CC(C)(C)C(N)(COC(N)=O)c1nc2ccccc2s1. The van der Waals surface area contributed by atoms with E-state index in [0.717, 1.165) is 15.2 Å². The molecule has 108 valence electrons. The van der Waals surface area contributed by atoms with Crippen LogP contribution in [0.5, 0.6) is 0 Å². The number of rotatable bonds is 3. The van der Waals surface area contributed by atoms with Gasteiger partial charge in [0, 0.05) is 0 Å². The smallest absolute Gasteiger partial charge is 0.404 e. The molecule has 0 fully saturated rings. The summed E-state index contributed by atoms with van der Waals surface area (Å²) in [4.78, 5) is 15.5. The molecular formula is C14H19N3O2S. The van der Waals surface area contributed by atoms with E-state index in [-0.39, 0.29) is 12.0 Å². The predicted octanol–water partition coefficient (Wildman–Crippen LogP) is 2.59. The lowest BCUT2D eigenvalue weighted by atomic mass is 9.75. The van der Waals surface area contributed by atoms with Gasteiger partial charge in [0.25, 0.3) is 0 Å². The van der Waals surface area contributed by atoms with Crippen molar-refractivity contribution < 1.29 is 9.53 Å². The molecule has 0 aliphatic rings. The van der Waals surface area contributed by atoms with Crippen LogP contribution in [0.2, 0.25) is 0 Å². The number of ether oxygens (including phenoxy) is 1. The summed E-state index contributed by atoms with van der Waals surface area (Å²) >= 11 is 1.51. The predicted molar refractivity (Wildman–Crippen MR) is 80.5 cm³/mol. The second-order valence-electron chi connectivity index (χ2n) is 5.82. The summed E-state index contributed by atoms with van der Waals surface area (Å²) in [6, 6.07) is 7.82. The Bertz CT molecular complexity index is 600. The number of primary amides is 1. The standard InChI is InChI=1S/C14H19N3O2S/c1-13(2,3)14(16,8-19-12(15)18)11-17-9-6-4-5-7-10(9)20-11/h4-7H,8,16H2,1-3H3,(H2,15,18). The van der Waals surface area contributed by atoms with Crippen LogP contribution < -0.4 is 11.5 Å². The van der Waals surface area contributed by atoms with E-state index >= 15 is 0 Å². The van der Waals surface area contributed by atoms with Crippen LogP contribution >= 0.6 is 11.3 Å². The van der Waals surface area contributed by atoms with Gasteiger partial charge in [0.15, 0.2) is 0 Å². The van der Waals surface area contributed by atoms with Crippen LogP contribution in [0.4, 0.5) is 4.79 Å². The second kappa shape index (κ2) is 5.03. The highest BCUT2D eigenvalue weighted by Crippen LogP contribution is 2.40. The lowest BCUT2D eigenvalue weighted by Gasteiger charge is -2.39. The molecule has 2 rings (SSSR count). The molecule has 2 aromatic rings. The zero-order valence-electron chi connectivity index (χ0n) is 11.8. The fraction of sp³-hybridized carbons (Fsp3) is 0.429. The van der Waals surface area contributed by atoms with Gasteiger partial charge in [-0.1, -0.05) is 32.9 Å². The van der Waals surface area contributed by atoms with Crippen molar-refractivity contribution in [3.05, 3.63) is 29.3 Å². The van der Waals surface area contributed by atoms with E-state index in [9.17, 15) is 4.79 Å². The van der Waals surface area contributed by atoms with Gasteiger partial charge in [-0.25, -0.2) is 9.78 Å². The molecule has 0 aliphatic carbocycles. The number of carbonyl (C=O) groups excluding carboxylic acids is 1. The Hall–Kier alpha value is -1.66. The number of aromatic nitrogens is 1. The number of hydrogen-bond acceptors (Lipinski definition) is 5. The van der Waals surface area contributed by atoms with Gasteiger partial charge < -0.3 is 16.2 Å². The third-order valence-corrected chi connectivity index (χ3v) is 4.67. The Morgan fingerprint density at radius 2 is 2.00 bits per heavy atom. The number of nitrogens with zero attached hydrogens (tertiary/aromatic N) is 1. The van der Waals surface area contributed by atoms with Crippen LogP contribution in [0.15, 0.2) is 24.3 Å². The van der Waals surface area contributed by atoms with Crippen LogP contribution in [-0.4, -0.2) is 17.7 Å². The first kappa shape index (κ1) is 14.7. The molecule has 4 N–H and O–H groups in total. The maximum Gasteiger partial charge on any atom is 0.404 e. The van der Waals surface area contributed by atoms with Crippen molar-refractivity contribution >= 4 is 27.6 Å². The van der Waals surface area contributed by atoms with Gasteiger partial charge in [0.05, 0.1) is 10.2 Å². The third kappa shape index (κ3) is 2.62. The van der Waals surface area contributed by atoms with E-state index in [0.29, 0.717) is 0 Å². The first-order valence-electron chi connectivity index (χ1n) is 6.31. The Balaban J connectivity index is 2.47. The molecule has 0 radical (unpaired) electrons. The Kier molecular flexibility index (Phi) is 3.71. The molecule has 0 aliphatic heterocycles. The Morgan fingerprint density at radius 3 is 2.55 bits per heavy atom. The van der Waals surface area contributed by atoms with Gasteiger partial charge in [-0.2, -0.15) is 0 Å². The number of para-hydroxylation sites is 1.